The van der Waals surface area contributed by atoms with Gasteiger partial charge >= 0.3 is 6.18 Å². The number of alkyl halides is 3. The number of amides is 1. The van der Waals surface area contributed by atoms with Gasteiger partial charge in [0.05, 0.1) is 11.8 Å². The summed E-state index contributed by atoms with van der Waals surface area (Å²) in [5.41, 5.74) is 0.239. The number of hydrogen-bond acceptors (Lipinski definition) is 5. The molecule has 4 aromatic rings. The molecule has 35 heavy (non-hydrogen) atoms. The third-order valence-corrected chi connectivity index (χ3v) is 6.13. The Morgan fingerprint density at radius 1 is 1.11 bits per heavy atom. The van der Waals surface area contributed by atoms with Crippen molar-refractivity contribution in [3.63, 3.8) is 0 Å². The maximum absolute atomic E-state index is 13.2. The van der Waals surface area contributed by atoms with Crippen LogP contribution in [0.2, 0.25) is 0 Å². The van der Waals surface area contributed by atoms with Crippen molar-refractivity contribution in [1.29, 1.82) is 0 Å². The van der Waals surface area contributed by atoms with Crippen LogP contribution >= 0.6 is 0 Å². The molecular weight excluding hydrogens is 466 g/mol. The van der Waals surface area contributed by atoms with E-state index in [4.69, 9.17) is 4.42 Å². The summed E-state index contributed by atoms with van der Waals surface area (Å²) in [7, 11) is 0. The van der Waals surface area contributed by atoms with Gasteiger partial charge < -0.3 is 9.32 Å². The first-order valence-corrected chi connectivity index (χ1v) is 11.2. The lowest BCUT2D eigenvalue weighted by atomic mass is 9.96. The summed E-state index contributed by atoms with van der Waals surface area (Å²) in [6.07, 6.45) is -0.0540. The molecule has 7 nitrogen and oxygen atoms in total. The zero-order chi connectivity index (χ0) is 24.6. The highest BCUT2D eigenvalue weighted by Gasteiger charge is 2.32. The lowest BCUT2D eigenvalue weighted by molar-refractivity contribution is -0.137. The molecule has 0 aliphatic carbocycles. The standard InChI is InChI=1S/C24H21F4N5O2/c25-18-6-3-15(4-7-18)19-12-29-21(35-19)9-10-22(34)32-11-1-2-16(13-32)23-31-30-20-8-5-17(14-33(20)23)24(26,27)28/h3-8,12,14,16H,1-2,9-11,13H2. The first-order chi connectivity index (χ1) is 16.8. The largest absolute Gasteiger partial charge is 0.441 e. The highest BCUT2D eigenvalue weighted by atomic mass is 19.4. The third-order valence-electron chi connectivity index (χ3n) is 6.13. The van der Waals surface area contributed by atoms with E-state index in [0.29, 0.717) is 61.0 Å². The minimum Gasteiger partial charge on any atom is -0.441 e. The molecule has 0 N–H and O–H groups in total. The van der Waals surface area contributed by atoms with Crippen molar-refractivity contribution < 1.29 is 26.8 Å². The molecular formula is C24H21F4N5O2. The molecule has 1 aliphatic rings. The number of likely N-dealkylation sites (tertiary alicyclic amines) is 1. The Balaban J connectivity index is 1.24. The number of carbonyl (C=O) groups excluding carboxylic acids is 1. The van der Waals surface area contributed by atoms with Gasteiger partial charge in [-0.3, -0.25) is 9.20 Å². The van der Waals surface area contributed by atoms with Crippen LogP contribution in [0, 0.1) is 5.82 Å². The summed E-state index contributed by atoms with van der Waals surface area (Å²) in [4.78, 5) is 18.8. The fraction of sp³-hybridized carbons (Fsp3) is 0.333. The van der Waals surface area contributed by atoms with Crippen LogP contribution in [0.15, 0.2) is 53.2 Å². The maximum Gasteiger partial charge on any atom is 0.417 e. The van der Waals surface area contributed by atoms with E-state index < -0.39 is 11.7 Å². The minimum atomic E-state index is -4.47. The van der Waals surface area contributed by atoms with Crippen LogP contribution in [-0.4, -0.2) is 43.5 Å². The van der Waals surface area contributed by atoms with E-state index in [-0.39, 0.29) is 24.1 Å². The topological polar surface area (TPSA) is 76.5 Å². The highest BCUT2D eigenvalue weighted by Crippen LogP contribution is 2.31. The molecule has 4 heterocycles. The van der Waals surface area contributed by atoms with Gasteiger partial charge in [0, 0.05) is 43.6 Å². The predicted octanol–water partition coefficient (Wildman–Crippen LogP) is 4.88. The second-order valence-corrected chi connectivity index (χ2v) is 8.51. The second kappa shape index (κ2) is 9.12. The molecule has 1 unspecified atom stereocenters. The Morgan fingerprint density at radius 3 is 2.69 bits per heavy atom. The van der Waals surface area contributed by atoms with Gasteiger partial charge in [0.2, 0.25) is 5.91 Å². The quantitative estimate of drug-likeness (QED) is 0.375. The van der Waals surface area contributed by atoms with Gasteiger partial charge in [-0.05, 0) is 49.2 Å². The van der Waals surface area contributed by atoms with Gasteiger partial charge in [0.1, 0.15) is 11.6 Å². The highest BCUT2D eigenvalue weighted by molar-refractivity contribution is 5.76. The van der Waals surface area contributed by atoms with Gasteiger partial charge in [0.25, 0.3) is 0 Å². The van der Waals surface area contributed by atoms with Gasteiger partial charge in [-0.2, -0.15) is 13.2 Å². The van der Waals surface area contributed by atoms with E-state index in [0.717, 1.165) is 12.3 Å². The average Bonchev–Trinajstić information content (AvgIpc) is 3.49. The van der Waals surface area contributed by atoms with E-state index in [2.05, 4.69) is 15.2 Å². The summed E-state index contributed by atoms with van der Waals surface area (Å²) in [5.74, 6) is 0.634. The number of aromatic nitrogens is 4. The number of oxazole rings is 1. The Morgan fingerprint density at radius 2 is 1.91 bits per heavy atom. The number of hydrogen-bond donors (Lipinski definition) is 0. The van der Waals surface area contributed by atoms with Gasteiger partial charge in [-0.1, -0.05) is 0 Å². The molecule has 0 saturated carbocycles. The summed E-state index contributed by atoms with van der Waals surface area (Å²) in [5, 5.41) is 8.12. The fourth-order valence-corrected chi connectivity index (χ4v) is 4.31. The number of halogens is 4. The number of benzene rings is 1. The minimum absolute atomic E-state index is 0.0963. The first-order valence-electron chi connectivity index (χ1n) is 11.2. The first kappa shape index (κ1) is 23.0. The van der Waals surface area contributed by atoms with Gasteiger partial charge in [-0.15, -0.1) is 10.2 Å². The van der Waals surface area contributed by atoms with Gasteiger partial charge in [0.15, 0.2) is 17.3 Å². The Hall–Kier alpha value is -3.76. The lowest BCUT2D eigenvalue weighted by Crippen LogP contribution is -2.39. The van der Waals surface area contributed by atoms with E-state index in [1.807, 2.05) is 0 Å². The number of rotatable bonds is 5. The fourth-order valence-electron chi connectivity index (χ4n) is 4.31. The zero-order valence-electron chi connectivity index (χ0n) is 18.5. The van der Waals surface area contributed by atoms with Crippen LogP contribution in [0.1, 0.15) is 42.5 Å². The number of pyridine rings is 1. The van der Waals surface area contributed by atoms with Crippen molar-refractivity contribution in [1.82, 2.24) is 24.5 Å². The number of nitrogens with zero attached hydrogens (tertiary/aromatic N) is 5. The number of carbonyl (C=O) groups is 1. The van der Waals surface area contributed by atoms with Crippen molar-refractivity contribution in [2.45, 2.75) is 37.8 Å². The third kappa shape index (κ3) is 4.89. The molecule has 1 aliphatic heterocycles. The number of fused-ring (bicyclic) bond motifs is 1. The summed E-state index contributed by atoms with van der Waals surface area (Å²) in [6.45, 7) is 0.911. The van der Waals surface area contributed by atoms with E-state index >= 15 is 0 Å². The van der Waals surface area contributed by atoms with E-state index in [1.54, 1.807) is 17.0 Å². The maximum atomic E-state index is 13.2. The van der Waals surface area contributed by atoms with Crippen molar-refractivity contribution in [2.75, 3.05) is 13.1 Å². The molecule has 1 fully saturated rings. The normalized spacial score (nSPS) is 16.7. The lowest BCUT2D eigenvalue weighted by Gasteiger charge is -2.32. The van der Waals surface area contributed by atoms with Crippen LogP contribution in [0.25, 0.3) is 17.0 Å². The zero-order valence-corrected chi connectivity index (χ0v) is 18.5. The summed E-state index contributed by atoms with van der Waals surface area (Å²) < 4.78 is 59.7. The van der Waals surface area contributed by atoms with Crippen molar-refractivity contribution in [2.24, 2.45) is 0 Å². The molecule has 1 atom stereocenters. The SMILES string of the molecule is O=C(CCc1ncc(-c2ccc(F)cc2)o1)N1CCCC(c2nnc3ccc(C(F)(F)F)cn23)C1. The molecule has 5 rings (SSSR count). The summed E-state index contributed by atoms with van der Waals surface area (Å²) >= 11 is 0. The molecule has 182 valence electrons. The Bertz CT molecular complexity index is 1350. The van der Waals surface area contributed by atoms with E-state index in [9.17, 15) is 22.4 Å². The van der Waals surface area contributed by atoms with Crippen LogP contribution in [0.4, 0.5) is 17.6 Å². The van der Waals surface area contributed by atoms with Crippen molar-refractivity contribution >= 4 is 11.6 Å². The second-order valence-electron chi connectivity index (χ2n) is 8.51. The molecule has 1 aromatic carbocycles. The average molecular weight is 487 g/mol. The Kier molecular flexibility index (Phi) is 6.00. The van der Waals surface area contributed by atoms with E-state index in [1.165, 1.54) is 28.8 Å². The summed E-state index contributed by atoms with van der Waals surface area (Å²) in [6, 6.07) is 8.11. The molecule has 11 heteroatoms. The molecule has 1 amide bonds. The van der Waals surface area contributed by atoms with Crippen LogP contribution in [0.3, 0.4) is 0 Å². The number of aryl methyl sites for hydroxylation is 1. The van der Waals surface area contributed by atoms with Crippen LogP contribution in [-0.2, 0) is 17.4 Å². The van der Waals surface area contributed by atoms with Crippen LogP contribution < -0.4 is 0 Å². The monoisotopic (exact) mass is 487 g/mol. The molecule has 1 saturated heterocycles. The molecule has 0 bridgehead atoms. The van der Waals surface area contributed by atoms with Crippen molar-refractivity contribution in [3.8, 4) is 11.3 Å². The molecule has 0 spiro atoms. The number of piperidine rings is 1. The Labute approximate surface area is 197 Å². The predicted molar refractivity (Wildman–Crippen MR) is 117 cm³/mol. The van der Waals surface area contributed by atoms with Crippen LogP contribution in [0.5, 0.6) is 0 Å². The smallest absolute Gasteiger partial charge is 0.417 e. The van der Waals surface area contributed by atoms with Gasteiger partial charge in [-0.25, -0.2) is 9.37 Å². The van der Waals surface area contributed by atoms with Crippen molar-refractivity contribution in [3.05, 3.63) is 71.9 Å². The molecule has 3 aromatic heterocycles. The molecule has 0 radical (unpaired) electrons.